The molecule has 0 fully saturated rings. The number of para-hydroxylation sites is 1. The summed E-state index contributed by atoms with van der Waals surface area (Å²) in [4.78, 5) is 12.6. The van der Waals surface area contributed by atoms with Gasteiger partial charge in [-0.2, -0.15) is 0 Å². The van der Waals surface area contributed by atoms with Gasteiger partial charge in [-0.25, -0.2) is 8.42 Å². The van der Waals surface area contributed by atoms with Crippen LogP contribution in [0.4, 0.5) is 5.69 Å². The van der Waals surface area contributed by atoms with E-state index in [9.17, 15) is 13.2 Å². The average molecular weight is 344 g/mol. The van der Waals surface area contributed by atoms with Crippen LogP contribution in [0.5, 0.6) is 0 Å². The molecule has 1 aliphatic rings. The normalized spacial score (nSPS) is 18.6. The summed E-state index contributed by atoms with van der Waals surface area (Å²) in [6.45, 7) is 0. The molecule has 0 spiro atoms. The van der Waals surface area contributed by atoms with Crippen LogP contribution in [0.15, 0.2) is 53.4 Å². The zero-order valence-corrected chi connectivity index (χ0v) is 14.1. The summed E-state index contributed by atoms with van der Waals surface area (Å²) >= 11 is 0. The fourth-order valence-electron chi connectivity index (χ4n) is 3.02. The van der Waals surface area contributed by atoms with Crippen molar-refractivity contribution in [1.29, 1.82) is 0 Å². The minimum Gasteiger partial charge on any atom is -0.399 e. The zero-order valence-electron chi connectivity index (χ0n) is 13.2. The first kappa shape index (κ1) is 16.5. The number of benzene rings is 2. The number of carbonyl (C=O) groups is 1. The Morgan fingerprint density at radius 3 is 2.62 bits per heavy atom. The van der Waals surface area contributed by atoms with Gasteiger partial charge in [0.05, 0.1) is 16.7 Å². The number of carbonyl (C=O) groups excluding carboxylic acids is 1. The molecule has 6 heteroatoms. The fraction of sp³-hybridized carbons (Fsp3) is 0.278. The van der Waals surface area contributed by atoms with Gasteiger partial charge in [0.15, 0.2) is 9.84 Å². The van der Waals surface area contributed by atoms with Gasteiger partial charge in [0.1, 0.15) is 0 Å². The van der Waals surface area contributed by atoms with Crippen LogP contribution in [-0.2, 0) is 21.1 Å². The van der Waals surface area contributed by atoms with Crippen LogP contribution in [0.25, 0.3) is 0 Å². The van der Waals surface area contributed by atoms with Crippen LogP contribution < -0.4 is 11.1 Å². The molecule has 126 valence electrons. The molecule has 0 bridgehead atoms. The van der Waals surface area contributed by atoms with Gasteiger partial charge < -0.3 is 11.1 Å². The SMILES string of the molecule is Nc1ccccc1CCC(=O)NC1CCS(=O)(=O)c2ccccc21. The van der Waals surface area contributed by atoms with Crippen molar-refractivity contribution in [2.75, 3.05) is 11.5 Å². The molecular formula is C18H20N2O3S. The second-order valence-electron chi connectivity index (χ2n) is 5.96. The van der Waals surface area contributed by atoms with Crippen molar-refractivity contribution in [2.45, 2.75) is 30.2 Å². The molecule has 0 aliphatic carbocycles. The van der Waals surface area contributed by atoms with Gasteiger partial charge in [0, 0.05) is 12.1 Å². The topological polar surface area (TPSA) is 89.3 Å². The van der Waals surface area contributed by atoms with Crippen molar-refractivity contribution in [2.24, 2.45) is 0 Å². The molecule has 1 unspecified atom stereocenters. The minimum atomic E-state index is -3.24. The summed E-state index contributed by atoms with van der Waals surface area (Å²) in [6, 6.07) is 14.1. The van der Waals surface area contributed by atoms with Gasteiger partial charge in [0.25, 0.3) is 0 Å². The van der Waals surface area contributed by atoms with E-state index in [1.54, 1.807) is 24.3 Å². The van der Waals surface area contributed by atoms with Crippen molar-refractivity contribution < 1.29 is 13.2 Å². The molecule has 24 heavy (non-hydrogen) atoms. The van der Waals surface area contributed by atoms with Gasteiger partial charge in [0.2, 0.25) is 5.91 Å². The monoisotopic (exact) mass is 344 g/mol. The number of rotatable bonds is 4. The molecule has 0 aromatic heterocycles. The van der Waals surface area contributed by atoms with Crippen LogP contribution in [-0.4, -0.2) is 20.1 Å². The highest BCUT2D eigenvalue weighted by Crippen LogP contribution is 2.31. The first-order valence-electron chi connectivity index (χ1n) is 7.92. The Labute approximate surface area is 141 Å². The van der Waals surface area contributed by atoms with E-state index in [1.165, 1.54) is 0 Å². The zero-order chi connectivity index (χ0) is 17.2. The summed E-state index contributed by atoms with van der Waals surface area (Å²) in [5.74, 6) is -0.0435. The maximum absolute atomic E-state index is 12.3. The molecule has 1 heterocycles. The third-order valence-corrected chi connectivity index (χ3v) is 6.13. The largest absolute Gasteiger partial charge is 0.399 e. The van der Waals surface area contributed by atoms with Gasteiger partial charge in [-0.1, -0.05) is 36.4 Å². The second kappa shape index (κ2) is 6.65. The van der Waals surface area contributed by atoms with Crippen molar-refractivity contribution >= 4 is 21.4 Å². The third-order valence-electron chi connectivity index (χ3n) is 4.32. The molecule has 0 saturated carbocycles. The van der Waals surface area contributed by atoms with E-state index in [0.29, 0.717) is 35.4 Å². The van der Waals surface area contributed by atoms with E-state index in [4.69, 9.17) is 5.73 Å². The Balaban J connectivity index is 1.68. The van der Waals surface area contributed by atoms with Gasteiger partial charge in [-0.3, -0.25) is 4.79 Å². The summed E-state index contributed by atoms with van der Waals surface area (Å²) in [7, 11) is -3.24. The van der Waals surface area contributed by atoms with E-state index in [0.717, 1.165) is 5.56 Å². The highest BCUT2D eigenvalue weighted by molar-refractivity contribution is 7.91. The molecule has 2 aromatic rings. The Morgan fingerprint density at radius 2 is 1.83 bits per heavy atom. The number of nitrogen functional groups attached to an aromatic ring is 1. The van der Waals surface area contributed by atoms with E-state index in [1.807, 2.05) is 24.3 Å². The number of hydrogen-bond acceptors (Lipinski definition) is 4. The molecule has 1 atom stereocenters. The first-order chi connectivity index (χ1) is 11.5. The fourth-order valence-corrected chi connectivity index (χ4v) is 4.64. The molecule has 1 amide bonds. The standard InChI is InChI=1S/C18H20N2O3S/c19-15-7-3-1-5-13(15)9-10-18(21)20-16-11-12-24(22,23)17-8-4-2-6-14(16)17/h1-8,16H,9-12,19H2,(H,20,21). The number of hydrogen-bond donors (Lipinski definition) is 2. The summed E-state index contributed by atoms with van der Waals surface area (Å²) in [5, 5.41) is 2.96. The van der Waals surface area contributed by atoms with E-state index in [2.05, 4.69) is 5.32 Å². The van der Waals surface area contributed by atoms with E-state index >= 15 is 0 Å². The maximum atomic E-state index is 12.3. The van der Waals surface area contributed by atoms with Crippen molar-refractivity contribution in [3.05, 3.63) is 59.7 Å². The van der Waals surface area contributed by atoms with Crippen LogP contribution in [0, 0.1) is 0 Å². The highest BCUT2D eigenvalue weighted by Gasteiger charge is 2.30. The number of nitrogens with two attached hydrogens (primary N) is 1. The number of aryl methyl sites for hydroxylation is 1. The lowest BCUT2D eigenvalue weighted by molar-refractivity contribution is -0.121. The molecule has 0 radical (unpaired) electrons. The second-order valence-corrected chi connectivity index (χ2v) is 8.04. The van der Waals surface area contributed by atoms with Gasteiger partial charge >= 0.3 is 0 Å². The Kier molecular flexibility index (Phi) is 4.57. The Morgan fingerprint density at radius 1 is 1.12 bits per heavy atom. The lowest BCUT2D eigenvalue weighted by Crippen LogP contribution is -2.34. The van der Waals surface area contributed by atoms with E-state index < -0.39 is 9.84 Å². The molecule has 1 aliphatic heterocycles. The van der Waals surface area contributed by atoms with Crippen LogP contribution >= 0.6 is 0 Å². The summed E-state index contributed by atoms with van der Waals surface area (Å²) < 4.78 is 24.3. The molecular weight excluding hydrogens is 324 g/mol. The predicted octanol–water partition coefficient (Wildman–Crippen LogP) is 2.24. The number of nitrogens with one attached hydrogen (secondary N) is 1. The van der Waals surface area contributed by atoms with Crippen LogP contribution in [0.2, 0.25) is 0 Å². The smallest absolute Gasteiger partial charge is 0.220 e. The molecule has 5 nitrogen and oxygen atoms in total. The quantitative estimate of drug-likeness (QED) is 0.833. The Hall–Kier alpha value is -2.34. The summed E-state index contributed by atoms with van der Waals surface area (Å²) in [5.41, 5.74) is 8.19. The number of fused-ring (bicyclic) bond motifs is 1. The minimum absolute atomic E-state index is 0.0561. The third kappa shape index (κ3) is 3.43. The maximum Gasteiger partial charge on any atom is 0.220 e. The van der Waals surface area contributed by atoms with Crippen molar-refractivity contribution in [3.8, 4) is 0 Å². The van der Waals surface area contributed by atoms with Crippen molar-refractivity contribution in [3.63, 3.8) is 0 Å². The highest BCUT2D eigenvalue weighted by atomic mass is 32.2. The lowest BCUT2D eigenvalue weighted by atomic mass is 10.0. The Bertz CT molecular complexity index is 862. The van der Waals surface area contributed by atoms with E-state index in [-0.39, 0.29) is 17.7 Å². The number of sulfone groups is 1. The van der Waals surface area contributed by atoms with Gasteiger partial charge in [-0.15, -0.1) is 0 Å². The summed E-state index contributed by atoms with van der Waals surface area (Å²) in [6.07, 6.45) is 1.28. The lowest BCUT2D eigenvalue weighted by Gasteiger charge is -2.26. The van der Waals surface area contributed by atoms with Gasteiger partial charge in [-0.05, 0) is 36.1 Å². The number of anilines is 1. The molecule has 3 N–H and O–H groups in total. The number of amides is 1. The van der Waals surface area contributed by atoms with Crippen molar-refractivity contribution in [1.82, 2.24) is 5.32 Å². The first-order valence-corrected chi connectivity index (χ1v) is 9.57. The van der Waals surface area contributed by atoms with Crippen LogP contribution in [0.1, 0.15) is 30.0 Å². The average Bonchev–Trinajstić information content (AvgIpc) is 2.57. The molecule has 3 rings (SSSR count). The predicted molar refractivity (Wildman–Crippen MR) is 93.2 cm³/mol. The molecule has 0 saturated heterocycles. The van der Waals surface area contributed by atoms with Crippen LogP contribution in [0.3, 0.4) is 0 Å². The molecule has 2 aromatic carbocycles.